The fourth-order valence-corrected chi connectivity index (χ4v) is 2.02. The van der Waals surface area contributed by atoms with Gasteiger partial charge in [0.05, 0.1) is 9.77 Å². The minimum absolute atomic E-state index is 0.778. The second-order valence-electron chi connectivity index (χ2n) is 3.24. The summed E-state index contributed by atoms with van der Waals surface area (Å²) in [6.45, 7) is 3.38. The normalized spacial score (nSPS) is 23.2. The summed E-state index contributed by atoms with van der Waals surface area (Å²) in [7, 11) is 0. The van der Waals surface area contributed by atoms with Crippen LogP contribution in [0.2, 0.25) is 0 Å². The molecular weight excluding hydrogens is 265 g/mol. The molecule has 3 nitrogen and oxygen atoms in total. The van der Waals surface area contributed by atoms with Gasteiger partial charge in [-0.3, -0.25) is 4.68 Å². The maximum absolute atomic E-state index is 4.26. The summed E-state index contributed by atoms with van der Waals surface area (Å²) in [6, 6.07) is 0. The molecule has 12 heavy (non-hydrogen) atoms. The minimum Gasteiger partial charge on any atom is -0.316 e. The van der Waals surface area contributed by atoms with Crippen molar-refractivity contribution in [3.05, 3.63) is 16.0 Å². The molecule has 0 bridgehead atoms. The molecular formula is C8H12IN3. The van der Waals surface area contributed by atoms with Gasteiger partial charge >= 0.3 is 0 Å². The van der Waals surface area contributed by atoms with E-state index in [-0.39, 0.29) is 0 Å². The topological polar surface area (TPSA) is 29.9 Å². The van der Waals surface area contributed by atoms with E-state index >= 15 is 0 Å². The molecule has 1 aromatic heterocycles. The largest absolute Gasteiger partial charge is 0.316 e. The van der Waals surface area contributed by atoms with Gasteiger partial charge in [0.15, 0.2) is 0 Å². The zero-order valence-corrected chi connectivity index (χ0v) is 8.99. The van der Waals surface area contributed by atoms with Gasteiger partial charge in [0.1, 0.15) is 0 Å². The van der Waals surface area contributed by atoms with Gasteiger partial charge in [-0.05, 0) is 48.0 Å². The van der Waals surface area contributed by atoms with E-state index in [1.165, 1.54) is 16.5 Å². The van der Waals surface area contributed by atoms with E-state index < -0.39 is 0 Å². The lowest BCUT2D eigenvalue weighted by atomic mass is 10.1. The molecule has 1 aromatic rings. The molecule has 0 saturated carbocycles. The number of aromatic nitrogens is 2. The van der Waals surface area contributed by atoms with Crippen LogP contribution in [0.4, 0.5) is 0 Å². The summed E-state index contributed by atoms with van der Waals surface area (Å²) in [4.78, 5) is 0. The lowest BCUT2D eigenvalue weighted by molar-refractivity contribution is 0.449. The number of nitrogens with zero attached hydrogens (tertiary/aromatic N) is 2. The molecule has 1 aliphatic heterocycles. The van der Waals surface area contributed by atoms with Gasteiger partial charge in [0.25, 0.3) is 0 Å². The van der Waals surface area contributed by atoms with Crippen molar-refractivity contribution in [2.24, 2.45) is 5.92 Å². The van der Waals surface area contributed by atoms with Gasteiger partial charge in [0.2, 0.25) is 0 Å². The van der Waals surface area contributed by atoms with Crippen LogP contribution in [0, 0.1) is 9.49 Å². The van der Waals surface area contributed by atoms with Crippen molar-refractivity contribution < 1.29 is 0 Å². The predicted octanol–water partition coefficient (Wildman–Crippen LogP) is 1.10. The van der Waals surface area contributed by atoms with Crippen LogP contribution in [-0.2, 0) is 6.54 Å². The van der Waals surface area contributed by atoms with Crippen molar-refractivity contribution in [3.63, 3.8) is 0 Å². The Morgan fingerprint density at radius 2 is 2.67 bits per heavy atom. The lowest BCUT2D eigenvalue weighted by Gasteiger charge is -2.06. The molecule has 1 fully saturated rings. The molecule has 66 valence electrons. The van der Waals surface area contributed by atoms with Crippen molar-refractivity contribution in [1.82, 2.24) is 15.1 Å². The molecule has 0 aromatic carbocycles. The van der Waals surface area contributed by atoms with Crippen LogP contribution in [0.3, 0.4) is 0 Å². The Labute approximate surface area is 85.7 Å². The number of halogens is 1. The Kier molecular flexibility index (Phi) is 2.65. The highest BCUT2D eigenvalue weighted by Gasteiger charge is 2.14. The fraction of sp³-hybridized carbons (Fsp3) is 0.625. The zero-order chi connectivity index (χ0) is 8.39. The van der Waals surface area contributed by atoms with E-state index in [1.54, 1.807) is 0 Å². The third-order valence-corrected chi connectivity index (χ3v) is 2.77. The quantitative estimate of drug-likeness (QED) is 0.820. The first-order chi connectivity index (χ1) is 5.84. The highest BCUT2D eigenvalue weighted by atomic mass is 127. The van der Waals surface area contributed by atoms with Crippen LogP contribution in [-0.4, -0.2) is 22.9 Å². The summed E-state index contributed by atoms with van der Waals surface area (Å²) in [6.07, 6.45) is 5.29. The summed E-state index contributed by atoms with van der Waals surface area (Å²) >= 11 is 2.29. The van der Waals surface area contributed by atoms with Crippen molar-refractivity contribution >= 4 is 22.6 Å². The second kappa shape index (κ2) is 3.74. The minimum atomic E-state index is 0.778. The van der Waals surface area contributed by atoms with Crippen molar-refractivity contribution in [1.29, 1.82) is 0 Å². The lowest BCUT2D eigenvalue weighted by Crippen LogP contribution is -2.14. The monoisotopic (exact) mass is 277 g/mol. The van der Waals surface area contributed by atoms with Crippen LogP contribution < -0.4 is 5.32 Å². The van der Waals surface area contributed by atoms with Crippen molar-refractivity contribution in [2.45, 2.75) is 13.0 Å². The van der Waals surface area contributed by atoms with Crippen LogP contribution in [0.15, 0.2) is 12.4 Å². The van der Waals surface area contributed by atoms with Crippen LogP contribution in [0.5, 0.6) is 0 Å². The Morgan fingerprint density at radius 1 is 1.75 bits per heavy atom. The molecule has 0 radical (unpaired) electrons. The van der Waals surface area contributed by atoms with Gasteiger partial charge in [-0.1, -0.05) is 0 Å². The second-order valence-corrected chi connectivity index (χ2v) is 4.49. The molecule has 2 heterocycles. The molecule has 0 unspecified atom stereocenters. The van der Waals surface area contributed by atoms with E-state index in [0.29, 0.717) is 0 Å². The number of hydrogen-bond acceptors (Lipinski definition) is 2. The molecule has 2 rings (SSSR count). The maximum Gasteiger partial charge on any atom is 0.0623 e. The summed E-state index contributed by atoms with van der Waals surface area (Å²) < 4.78 is 3.26. The third-order valence-electron chi connectivity index (χ3n) is 2.21. The van der Waals surface area contributed by atoms with Gasteiger partial charge < -0.3 is 5.32 Å². The number of rotatable bonds is 2. The first-order valence-electron chi connectivity index (χ1n) is 4.23. The van der Waals surface area contributed by atoms with E-state index in [9.17, 15) is 0 Å². The summed E-state index contributed by atoms with van der Waals surface area (Å²) in [5.41, 5.74) is 0. The van der Waals surface area contributed by atoms with Crippen molar-refractivity contribution in [3.8, 4) is 0 Å². The molecule has 1 N–H and O–H groups in total. The van der Waals surface area contributed by atoms with Gasteiger partial charge in [0, 0.05) is 12.7 Å². The van der Waals surface area contributed by atoms with E-state index in [2.05, 4.69) is 39.2 Å². The number of hydrogen-bond donors (Lipinski definition) is 1. The third kappa shape index (κ3) is 1.98. The van der Waals surface area contributed by atoms with E-state index in [4.69, 9.17) is 0 Å². The molecule has 4 heteroatoms. The van der Waals surface area contributed by atoms with Crippen LogP contribution in [0.25, 0.3) is 0 Å². The number of nitrogens with one attached hydrogen (secondary N) is 1. The Bertz CT molecular complexity index is 253. The molecule has 1 saturated heterocycles. The van der Waals surface area contributed by atoms with Gasteiger partial charge in [-0.15, -0.1) is 0 Å². The zero-order valence-electron chi connectivity index (χ0n) is 6.83. The standard InChI is InChI=1S/C8H12IN3/c9-8-4-11-12(6-8)5-7-1-2-10-3-7/h4,6-7,10H,1-3,5H2/t7-/m0/s1. The van der Waals surface area contributed by atoms with Crippen LogP contribution in [0.1, 0.15) is 6.42 Å². The first kappa shape index (κ1) is 8.50. The Morgan fingerprint density at radius 3 is 3.25 bits per heavy atom. The van der Waals surface area contributed by atoms with Crippen LogP contribution >= 0.6 is 22.6 Å². The summed E-state index contributed by atoms with van der Waals surface area (Å²) in [5.74, 6) is 0.778. The maximum atomic E-state index is 4.26. The average Bonchev–Trinajstić information content (AvgIpc) is 2.63. The molecule has 0 spiro atoms. The van der Waals surface area contributed by atoms with Gasteiger partial charge in [-0.25, -0.2) is 0 Å². The highest BCUT2D eigenvalue weighted by molar-refractivity contribution is 14.1. The Balaban J connectivity index is 1.94. The SMILES string of the molecule is Ic1cnn(C[C@H]2CCNC2)c1. The molecule has 0 aliphatic carbocycles. The van der Waals surface area contributed by atoms with E-state index in [1.807, 2.05) is 10.9 Å². The smallest absolute Gasteiger partial charge is 0.0623 e. The molecule has 0 amide bonds. The molecule has 1 atom stereocenters. The Hall–Kier alpha value is -0.100. The van der Waals surface area contributed by atoms with Crippen molar-refractivity contribution in [2.75, 3.05) is 13.1 Å². The molecule has 1 aliphatic rings. The first-order valence-corrected chi connectivity index (χ1v) is 5.31. The van der Waals surface area contributed by atoms with Gasteiger partial charge in [-0.2, -0.15) is 5.10 Å². The average molecular weight is 277 g/mol. The van der Waals surface area contributed by atoms with E-state index in [0.717, 1.165) is 19.0 Å². The predicted molar refractivity (Wildman–Crippen MR) is 55.9 cm³/mol. The highest BCUT2D eigenvalue weighted by Crippen LogP contribution is 2.10. The fourth-order valence-electron chi connectivity index (χ4n) is 1.57. The summed E-state index contributed by atoms with van der Waals surface area (Å²) in [5, 5.41) is 7.62.